The van der Waals surface area contributed by atoms with E-state index in [1.807, 2.05) is 0 Å². The maximum absolute atomic E-state index is 9.81. The summed E-state index contributed by atoms with van der Waals surface area (Å²) in [4.78, 5) is 22.3. The third-order valence-electron chi connectivity index (χ3n) is 0.450. The Balaban J connectivity index is 4.17. The quantitative estimate of drug-likeness (QED) is 0.274. The molecule has 0 saturated heterocycles. The molecule has 0 spiro atoms. The minimum absolute atomic E-state index is 0.803. The Hall–Kier alpha value is -1.59. The second kappa shape index (κ2) is 2.65. The molecule has 0 saturated carbocycles. The van der Waals surface area contributed by atoms with Gasteiger partial charge in [0, 0.05) is 0 Å². The number of rotatable bonds is 0. The molecule has 0 aromatic heterocycles. The number of primary amides is 1. The molecule has 0 aromatic carbocycles. The van der Waals surface area contributed by atoms with E-state index in [1.54, 1.807) is 0 Å². The summed E-state index contributed by atoms with van der Waals surface area (Å²) in [6.07, 6.45) is 0. The van der Waals surface area contributed by atoms with Crippen LogP contribution in [0.15, 0.2) is 4.99 Å². The highest BCUT2D eigenvalue weighted by atomic mass is 16.4. The fraction of sp³-hybridized carbons (Fsp3) is 0. The molecule has 0 unspecified atom stereocenters. The molecule has 0 aliphatic heterocycles. The van der Waals surface area contributed by atoms with Crippen LogP contribution in [0.4, 0.5) is 4.79 Å². The van der Waals surface area contributed by atoms with Crippen molar-refractivity contribution in [3.63, 3.8) is 0 Å². The maximum atomic E-state index is 9.81. The van der Waals surface area contributed by atoms with Gasteiger partial charge in [-0.1, -0.05) is 0 Å². The van der Waals surface area contributed by atoms with Crippen LogP contribution in [0.2, 0.25) is 0 Å². The van der Waals surface area contributed by atoms with E-state index in [4.69, 9.17) is 5.11 Å². The Labute approximate surface area is 50.2 Å². The molecule has 0 radical (unpaired) electrons. The zero-order valence-electron chi connectivity index (χ0n) is 4.37. The summed E-state index contributed by atoms with van der Waals surface area (Å²) in [5, 5.41) is 7.97. The molecule has 6 heteroatoms. The molecule has 0 heterocycles. The van der Waals surface area contributed by atoms with Gasteiger partial charge in [0.2, 0.25) is 5.84 Å². The third kappa shape index (κ3) is 3.03. The number of carboxylic acid groups (broad SMARTS) is 1. The summed E-state index contributed by atoms with van der Waals surface area (Å²) < 4.78 is 0. The van der Waals surface area contributed by atoms with Crippen molar-refractivity contribution in [2.45, 2.75) is 0 Å². The van der Waals surface area contributed by atoms with Crippen LogP contribution in [0.5, 0.6) is 0 Å². The lowest BCUT2D eigenvalue weighted by Crippen LogP contribution is -2.25. The standard InChI is InChI=1S/C3H5N3O3/c4-1(2(7)8)6-3(5)9/h(H,7,8)(H4,4,5,6,9). The lowest BCUT2D eigenvalue weighted by atomic mass is 10.6. The largest absolute Gasteiger partial charge is 0.475 e. The molecule has 0 rings (SSSR count). The van der Waals surface area contributed by atoms with Gasteiger partial charge in [0.15, 0.2) is 0 Å². The lowest BCUT2D eigenvalue weighted by molar-refractivity contribution is -0.129. The molecule has 50 valence electrons. The number of amides is 2. The van der Waals surface area contributed by atoms with Gasteiger partial charge in [-0.3, -0.25) is 0 Å². The number of nitrogens with zero attached hydrogens (tertiary/aromatic N) is 1. The number of amidine groups is 1. The topological polar surface area (TPSA) is 119 Å². The molecule has 5 N–H and O–H groups in total. The number of urea groups is 1. The second-order valence-electron chi connectivity index (χ2n) is 1.14. The Bertz CT molecular complexity index is 173. The second-order valence-corrected chi connectivity index (χ2v) is 1.14. The number of aliphatic carboxylic acids is 1. The van der Waals surface area contributed by atoms with Crippen LogP contribution in [0, 0.1) is 0 Å². The normalized spacial score (nSPS) is 10.9. The van der Waals surface area contributed by atoms with Crippen LogP contribution in [0.25, 0.3) is 0 Å². The first kappa shape index (κ1) is 7.41. The van der Waals surface area contributed by atoms with E-state index in [-0.39, 0.29) is 0 Å². The molecular formula is C3H5N3O3. The maximum Gasteiger partial charge on any atom is 0.371 e. The van der Waals surface area contributed by atoms with Gasteiger partial charge in [0.25, 0.3) is 0 Å². The average molecular weight is 131 g/mol. The zero-order chi connectivity index (χ0) is 7.44. The number of hydrogen-bond donors (Lipinski definition) is 3. The Morgan fingerprint density at radius 3 is 1.89 bits per heavy atom. The molecule has 6 nitrogen and oxygen atoms in total. The predicted octanol–water partition coefficient (Wildman–Crippen LogP) is -1.49. The van der Waals surface area contributed by atoms with Crippen molar-refractivity contribution < 1.29 is 14.7 Å². The first-order chi connectivity index (χ1) is 4.04. The molecule has 0 aliphatic rings. The third-order valence-corrected chi connectivity index (χ3v) is 0.450. The number of hydrogen-bond acceptors (Lipinski definition) is 2. The van der Waals surface area contributed by atoms with E-state index in [0.29, 0.717) is 0 Å². The van der Waals surface area contributed by atoms with Crippen LogP contribution < -0.4 is 11.5 Å². The number of carbonyl (C=O) groups is 2. The number of carbonyl (C=O) groups excluding carboxylic acids is 1. The van der Waals surface area contributed by atoms with Gasteiger partial charge >= 0.3 is 12.0 Å². The summed E-state index contributed by atoms with van der Waals surface area (Å²) in [5.41, 5.74) is 9.13. The van der Waals surface area contributed by atoms with Gasteiger partial charge < -0.3 is 16.6 Å². The van der Waals surface area contributed by atoms with Gasteiger partial charge in [0.1, 0.15) is 0 Å². The molecule has 0 bridgehead atoms. The van der Waals surface area contributed by atoms with Crippen molar-refractivity contribution in [1.82, 2.24) is 0 Å². The summed E-state index contributed by atoms with van der Waals surface area (Å²) in [7, 11) is 0. The van der Waals surface area contributed by atoms with Gasteiger partial charge in [-0.25, -0.2) is 9.59 Å². The van der Waals surface area contributed by atoms with Gasteiger partial charge in [-0.05, 0) is 0 Å². The van der Waals surface area contributed by atoms with E-state index in [9.17, 15) is 9.59 Å². The van der Waals surface area contributed by atoms with Crippen molar-refractivity contribution >= 4 is 17.8 Å². The molecule has 0 aromatic rings. The number of nitrogens with two attached hydrogens (primary N) is 2. The summed E-state index contributed by atoms with van der Waals surface area (Å²) >= 11 is 0. The van der Waals surface area contributed by atoms with E-state index in [2.05, 4.69) is 16.5 Å². The van der Waals surface area contributed by atoms with Crippen LogP contribution >= 0.6 is 0 Å². The van der Waals surface area contributed by atoms with Gasteiger partial charge in [-0.2, -0.15) is 4.99 Å². The van der Waals surface area contributed by atoms with E-state index < -0.39 is 17.8 Å². The Kier molecular flexibility index (Phi) is 2.18. The van der Waals surface area contributed by atoms with Gasteiger partial charge in [0.05, 0.1) is 0 Å². The highest BCUT2D eigenvalue weighted by Crippen LogP contribution is 1.69. The van der Waals surface area contributed by atoms with Gasteiger partial charge in [-0.15, -0.1) is 0 Å². The Morgan fingerprint density at radius 2 is 1.78 bits per heavy atom. The molecule has 0 aliphatic carbocycles. The average Bonchev–Trinajstić information content (AvgIpc) is 1.63. The highest BCUT2D eigenvalue weighted by Gasteiger charge is 2.02. The molecule has 0 atom stereocenters. The minimum atomic E-state index is -1.46. The fourth-order valence-corrected chi connectivity index (χ4v) is 0.167. The number of aliphatic imine (C=N–C) groups is 1. The lowest BCUT2D eigenvalue weighted by Gasteiger charge is -1.86. The Morgan fingerprint density at radius 1 is 1.33 bits per heavy atom. The van der Waals surface area contributed by atoms with E-state index >= 15 is 0 Å². The zero-order valence-corrected chi connectivity index (χ0v) is 4.37. The van der Waals surface area contributed by atoms with Crippen molar-refractivity contribution in [1.29, 1.82) is 0 Å². The SMILES string of the molecule is NC(=O)/N=C(/N)C(=O)O. The molecule has 2 amide bonds. The van der Waals surface area contributed by atoms with Crippen LogP contribution in [-0.4, -0.2) is 22.9 Å². The van der Waals surface area contributed by atoms with Crippen LogP contribution in [0.1, 0.15) is 0 Å². The molecule has 9 heavy (non-hydrogen) atoms. The van der Waals surface area contributed by atoms with Crippen molar-refractivity contribution in [3.8, 4) is 0 Å². The van der Waals surface area contributed by atoms with Crippen molar-refractivity contribution in [3.05, 3.63) is 0 Å². The first-order valence-electron chi connectivity index (χ1n) is 1.91. The molecule has 0 fully saturated rings. The number of carboxylic acids is 1. The fourth-order valence-electron chi connectivity index (χ4n) is 0.167. The summed E-state index contributed by atoms with van der Waals surface area (Å²) in [5.74, 6) is -2.27. The summed E-state index contributed by atoms with van der Waals surface area (Å²) in [6.45, 7) is 0. The van der Waals surface area contributed by atoms with E-state index in [0.717, 1.165) is 0 Å². The molecular weight excluding hydrogens is 126 g/mol. The van der Waals surface area contributed by atoms with Crippen LogP contribution in [0.3, 0.4) is 0 Å². The summed E-state index contributed by atoms with van der Waals surface area (Å²) in [6, 6.07) is -1.12. The van der Waals surface area contributed by atoms with Crippen molar-refractivity contribution in [2.24, 2.45) is 16.5 Å². The predicted molar refractivity (Wildman–Crippen MR) is 28.8 cm³/mol. The minimum Gasteiger partial charge on any atom is -0.475 e. The monoisotopic (exact) mass is 131 g/mol. The van der Waals surface area contributed by atoms with Crippen molar-refractivity contribution in [2.75, 3.05) is 0 Å². The smallest absolute Gasteiger partial charge is 0.371 e. The first-order valence-corrected chi connectivity index (χ1v) is 1.91. The van der Waals surface area contributed by atoms with Crippen LogP contribution in [-0.2, 0) is 4.79 Å². The highest BCUT2D eigenvalue weighted by molar-refractivity contribution is 6.35. The van der Waals surface area contributed by atoms with E-state index in [1.165, 1.54) is 0 Å².